The lowest BCUT2D eigenvalue weighted by molar-refractivity contribution is -0.133. The van der Waals surface area contributed by atoms with Gasteiger partial charge in [-0.2, -0.15) is 0 Å². The Morgan fingerprint density at radius 1 is 1.18 bits per heavy atom. The second-order valence-electron chi connectivity index (χ2n) is 9.24. The molecule has 2 aliphatic rings. The number of alkyl carbamates (subject to hydrolysis) is 1. The first kappa shape index (κ1) is 25.1. The number of benzene rings is 1. The first-order chi connectivity index (χ1) is 16.1. The summed E-state index contributed by atoms with van der Waals surface area (Å²) in [5, 5.41) is 7.48. The summed E-state index contributed by atoms with van der Waals surface area (Å²) in [7, 11) is 1.58. The van der Waals surface area contributed by atoms with Gasteiger partial charge in [-0.1, -0.05) is 12.1 Å². The standard InChI is InChI=1S/C23H32N4O7/c1-23(2,3)34-22(31)27-10-9-18(17(27)11-14-5-7-15(32-4)8-6-14)33-21(30)25-12-16-20(29)24-13-19(28)26-16/h5-8,16-18H,9-13H2,1-4H3,(H,24,29)(H,25,30)(H,26,28)/t16-,17+,18+/m0/s1. The molecule has 34 heavy (non-hydrogen) atoms. The predicted molar refractivity (Wildman–Crippen MR) is 121 cm³/mol. The van der Waals surface area contributed by atoms with E-state index in [9.17, 15) is 19.2 Å². The van der Waals surface area contributed by atoms with Gasteiger partial charge in [0.15, 0.2) is 0 Å². The van der Waals surface area contributed by atoms with Crippen LogP contribution in [-0.2, 0) is 25.5 Å². The SMILES string of the molecule is COc1ccc(C[C@@H]2[C@H](OC(=O)NC[C@@H]3NC(=O)CNC3=O)CCN2C(=O)OC(C)(C)C)cc1. The first-order valence-electron chi connectivity index (χ1n) is 11.2. The van der Waals surface area contributed by atoms with Gasteiger partial charge in [0.1, 0.15) is 23.5 Å². The number of ether oxygens (including phenoxy) is 3. The molecule has 0 aromatic heterocycles. The van der Waals surface area contributed by atoms with Crippen LogP contribution in [0.5, 0.6) is 5.75 Å². The van der Waals surface area contributed by atoms with Crippen molar-refractivity contribution < 1.29 is 33.4 Å². The molecule has 0 saturated carbocycles. The Hall–Kier alpha value is -3.50. The van der Waals surface area contributed by atoms with Crippen LogP contribution in [0.15, 0.2) is 24.3 Å². The van der Waals surface area contributed by atoms with E-state index in [1.807, 2.05) is 24.3 Å². The highest BCUT2D eigenvalue weighted by Gasteiger charge is 2.41. The number of hydrogen-bond acceptors (Lipinski definition) is 7. The zero-order valence-corrected chi connectivity index (χ0v) is 19.9. The topological polar surface area (TPSA) is 135 Å². The number of likely N-dealkylation sites (tertiary alicyclic amines) is 1. The molecule has 0 bridgehead atoms. The van der Waals surface area contributed by atoms with Gasteiger partial charge < -0.3 is 35.1 Å². The van der Waals surface area contributed by atoms with Gasteiger partial charge in [-0.3, -0.25) is 9.59 Å². The van der Waals surface area contributed by atoms with Crippen molar-refractivity contribution in [1.29, 1.82) is 0 Å². The molecule has 2 saturated heterocycles. The number of nitrogens with one attached hydrogen (secondary N) is 3. The molecule has 4 amide bonds. The van der Waals surface area contributed by atoms with Gasteiger partial charge in [0, 0.05) is 13.0 Å². The number of hydrogen-bond donors (Lipinski definition) is 3. The van der Waals surface area contributed by atoms with Crippen LogP contribution in [0.4, 0.5) is 9.59 Å². The minimum Gasteiger partial charge on any atom is -0.497 e. The Labute approximate surface area is 198 Å². The summed E-state index contributed by atoms with van der Waals surface area (Å²) < 4.78 is 16.4. The normalized spacial score (nSPS) is 22.5. The number of rotatable bonds is 6. The fourth-order valence-corrected chi connectivity index (χ4v) is 3.86. The summed E-state index contributed by atoms with van der Waals surface area (Å²) in [5.41, 5.74) is 0.278. The molecule has 3 atom stereocenters. The molecular weight excluding hydrogens is 444 g/mol. The Morgan fingerprint density at radius 2 is 1.88 bits per heavy atom. The number of carbonyl (C=O) groups is 4. The maximum Gasteiger partial charge on any atom is 0.410 e. The lowest BCUT2D eigenvalue weighted by Gasteiger charge is -2.30. The third-order valence-corrected chi connectivity index (χ3v) is 5.50. The highest BCUT2D eigenvalue weighted by Crippen LogP contribution is 2.27. The van der Waals surface area contributed by atoms with Crippen LogP contribution in [-0.4, -0.2) is 79.4 Å². The molecular formula is C23H32N4O7. The van der Waals surface area contributed by atoms with Crippen molar-refractivity contribution in [3.63, 3.8) is 0 Å². The molecule has 2 fully saturated rings. The Balaban J connectivity index is 1.66. The molecule has 3 rings (SSSR count). The average Bonchev–Trinajstić information content (AvgIpc) is 3.16. The summed E-state index contributed by atoms with van der Waals surface area (Å²) >= 11 is 0. The highest BCUT2D eigenvalue weighted by atomic mass is 16.6. The molecule has 0 unspecified atom stereocenters. The third kappa shape index (κ3) is 6.75. The number of carbonyl (C=O) groups excluding carboxylic acids is 4. The predicted octanol–water partition coefficient (Wildman–Crippen LogP) is 0.957. The minimum absolute atomic E-state index is 0.0879. The quantitative estimate of drug-likeness (QED) is 0.556. The van der Waals surface area contributed by atoms with E-state index in [1.54, 1.807) is 32.8 Å². The molecule has 186 valence electrons. The molecule has 1 aromatic carbocycles. The molecule has 1 aromatic rings. The van der Waals surface area contributed by atoms with E-state index < -0.39 is 36.0 Å². The lowest BCUT2D eigenvalue weighted by Crippen LogP contribution is -2.60. The molecule has 11 heteroatoms. The van der Waals surface area contributed by atoms with E-state index in [2.05, 4.69) is 16.0 Å². The van der Waals surface area contributed by atoms with Gasteiger partial charge >= 0.3 is 12.2 Å². The van der Waals surface area contributed by atoms with Crippen molar-refractivity contribution in [2.75, 3.05) is 26.7 Å². The van der Waals surface area contributed by atoms with Gasteiger partial charge in [-0.25, -0.2) is 9.59 Å². The highest BCUT2D eigenvalue weighted by molar-refractivity contribution is 5.95. The van der Waals surface area contributed by atoms with Crippen LogP contribution in [0.3, 0.4) is 0 Å². The molecule has 3 N–H and O–H groups in total. The van der Waals surface area contributed by atoms with Gasteiger partial charge in [0.25, 0.3) is 0 Å². The minimum atomic E-state index is -0.870. The second kappa shape index (κ2) is 10.6. The molecule has 2 aliphatic heterocycles. The van der Waals surface area contributed by atoms with Crippen LogP contribution < -0.4 is 20.7 Å². The fraction of sp³-hybridized carbons (Fsp3) is 0.565. The van der Waals surface area contributed by atoms with Crippen LogP contribution in [0.2, 0.25) is 0 Å². The van der Waals surface area contributed by atoms with Crippen molar-refractivity contribution in [2.24, 2.45) is 0 Å². The second-order valence-corrected chi connectivity index (χ2v) is 9.24. The smallest absolute Gasteiger partial charge is 0.410 e. The van der Waals surface area contributed by atoms with Crippen molar-refractivity contribution in [2.45, 2.75) is 57.4 Å². The Bertz CT molecular complexity index is 913. The number of amides is 4. The van der Waals surface area contributed by atoms with Crippen LogP contribution in [0.1, 0.15) is 32.8 Å². The van der Waals surface area contributed by atoms with Crippen LogP contribution >= 0.6 is 0 Å². The zero-order chi connectivity index (χ0) is 24.9. The summed E-state index contributed by atoms with van der Waals surface area (Å²) in [6.07, 6.45) is -0.900. The first-order valence-corrected chi connectivity index (χ1v) is 11.2. The fourth-order valence-electron chi connectivity index (χ4n) is 3.86. The van der Waals surface area contributed by atoms with Crippen molar-refractivity contribution in [3.8, 4) is 5.75 Å². The third-order valence-electron chi connectivity index (χ3n) is 5.50. The molecule has 0 spiro atoms. The largest absolute Gasteiger partial charge is 0.497 e. The van der Waals surface area contributed by atoms with Crippen LogP contribution in [0, 0.1) is 0 Å². The summed E-state index contributed by atoms with van der Waals surface area (Å²) in [4.78, 5) is 50.2. The molecule has 0 radical (unpaired) electrons. The van der Waals surface area contributed by atoms with Gasteiger partial charge in [-0.15, -0.1) is 0 Å². The Kier molecular flexibility index (Phi) is 7.85. The lowest BCUT2D eigenvalue weighted by atomic mass is 10.0. The molecule has 11 nitrogen and oxygen atoms in total. The van der Waals surface area contributed by atoms with Crippen molar-refractivity contribution in [3.05, 3.63) is 29.8 Å². The van der Waals surface area contributed by atoms with Crippen molar-refractivity contribution >= 4 is 24.0 Å². The maximum absolute atomic E-state index is 12.8. The summed E-state index contributed by atoms with van der Waals surface area (Å²) in [6, 6.07) is 6.14. The van der Waals surface area contributed by atoms with E-state index in [-0.39, 0.29) is 24.9 Å². The molecule has 2 heterocycles. The van der Waals surface area contributed by atoms with E-state index in [1.165, 1.54) is 0 Å². The van der Waals surface area contributed by atoms with Gasteiger partial charge in [-0.05, 0) is 44.9 Å². The van der Waals surface area contributed by atoms with Crippen molar-refractivity contribution in [1.82, 2.24) is 20.9 Å². The number of piperazine rings is 1. The van der Waals surface area contributed by atoms with Crippen LogP contribution in [0.25, 0.3) is 0 Å². The average molecular weight is 477 g/mol. The van der Waals surface area contributed by atoms with Gasteiger partial charge in [0.05, 0.1) is 26.2 Å². The number of methoxy groups -OCH3 is 1. The summed E-state index contributed by atoms with van der Waals surface area (Å²) in [6.45, 7) is 5.55. The van der Waals surface area contributed by atoms with E-state index >= 15 is 0 Å². The van der Waals surface area contributed by atoms with Gasteiger partial charge in [0.2, 0.25) is 11.8 Å². The molecule has 0 aliphatic carbocycles. The number of nitrogens with zero attached hydrogens (tertiary/aromatic N) is 1. The van der Waals surface area contributed by atoms with E-state index in [0.717, 1.165) is 5.56 Å². The van der Waals surface area contributed by atoms with E-state index in [0.29, 0.717) is 25.1 Å². The zero-order valence-electron chi connectivity index (χ0n) is 19.9. The monoisotopic (exact) mass is 476 g/mol. The summed E-state index contributed by atoms with van der Waals surface area (Å²) in [5.74, 6) is 0.00237. The van der Waals surface area contributed by atoms with E-state index in [4.69, 9.17) is 14.2 Å². The maximum atomic E-state index is 12.8. The Morgan fingerprint density at radius 3 is 2.53 bits per heavy atom.